The van der Waals surface area contributed by atoms with Crippen LogP contribution in [-0.2, 0) is 0 Å². The van der Waals surface area contributed by atoms with Crippen LogP contribution in [0, 0.1) is 0 Å². The topological polar surface area (TPSA) is 48.8 Å². The van der Waals surface area contributed by atoms with Crippen LogP contribution < -0.4 is 0 Å². The van der Waals surface area contributed by atoms with Crippen LogP contribution >= 0.6 is 11.6 Å². The van der Waals surface area contributed by atoms with Crippen molar-refractivity contribution in [2.45, 2.75) is 24.8 Å². The van der Waals surface area contributed by atoms with Gasteiger partial charge in [0.25, 0.3) is 0 Å². The molecule has 0 bridgehead atoms. The zero-order chi connectivity index (χ0) is 9.97. The van der Waals surface area contributed by atoms with Crippen LogP contribution in [0.5, 0.6) is 0 Å². The standard InChI is InChI=1S/C10H10ClN3/c11-9-3-1-7(2-4-9)8-5-10(6-8)13-14-12/h1-4,8,10H,5-6H2. The first-order valence-electron chi connectivity index (χ1n) is 4.59. The van der Waals surface area contributed by atoms with Gasteiger partial charge < -0.3 is 0 Å². The van der Waals surface area contributed by atoms with Gasteiger partial charge in [-0.3, -0.25) is 0 Å². The Morgan fingerprint density at radius 2 is 1.93 bits per heavy atom. The van der Waals surface area contributed by atoms with Crippen molar-refractivity contribution < 1.29 is 0 Å². The molecule has 3 nitrogen and oxygen atoms in total. The van der Waals surface area contributed by atoms with Gasteiger partial charge in [-0.25, -0.2) is 0 Å². The molecule has 0 aliphatic heterocycles. The molecule has 0 N–H and O–H groups in total. The largest absolute Gasteiger partial charge is 0.0906 e. The lowest BCUT2D eigenvalue weighted by Crippen LogP contribution is -2.24. The molecule has 0 atom stereocenters. The van der Waals surface area contributed by atoms with Crippen molar-refractivity contribution in [1.29, 1.82) is 0 Å². The minimum atomic E-state index is 0.195. The Morgan fingerprint density at radius 1 is 1.29 bits per heavy atom. The Bertz CT molecular complexity index is 361. The Balaban J connectivity index is 1.99. The normalized spacial score (nSPS) is 24.9. The van der Waals surface area contributed by atoms with Crippen LogP contribution in [0.15, 0.2) is 29.4 Å². The van der Waals surface area contributed by atoms with Crippen molar-refractivity contribution in [2.24, 2.45) is 5.11 Å². The third kappa shape index (κ3) is 1.84. The summed E-state index contributed by atoms with van der Waals surface area (Å²) in [5.74, 6) is 0.544. The van der Waals surface area contributed by atoms with Crippen molar-refractivity contribution in [2.75, 3.05) is 0 Å². The lowest BCUT2D eigenvalue weighted by molar-refractivity contribution is 0.351. The summed E-state index contributed by atoms with van der Waals surface area (Å²) < 4.78 is 0. The molecule has 0 heterocycles. The zero-order valence-corrected chi connectivity index (χ0v) is 8.35. The first-order chi connectivity index (χ1) is 6.79. The Kier molecular flexibility index (Phi) is 2.62. The van der Waals surface area contributed by atoms with E-state index in [0.29, 0.717) is 5.92 Å². The average Bonchev–Trinajstić information content (AvgIpc) is 2.13. The van der Waals surface area contributed by atoms with E-state index in [4.69, 9.17) is 17.1 Å². The second-order valence-corrected chi connectivity index (χ2v) is 4.02. The van der Waals surface area contributed by atoms with Gasteiger partial charge in [-0.2, -0.15) is 0 Å². The van der Waals surface area contributed by atoms with Crippen molar-refractivity contribution in [3.05, 3.63) is 45.3 Å². The molecule has 0 saturated heterocycles. The van der Waals surface area contributed by atoms with Gasteiger partial charge in [-0.05, 0) is 42.0 Å². The molecule has 1 saturated carbocycles. The van der Waals surface area contributed by atoms with Crippen LogP contribution in [-0.4, -0.2) is 6.04 Å². The van der Waals surface area contributed by atoms with E-state index >= 15 is 0 Å². The monoisotopic (exact) mass is 207 g/mol. The smallest absolute Gasteiger partial charge is 0.0406 e. The summed E-state index contributed by atoms with van der Waals surface area (Å²) in [5, 5.41) is 4.44. The van der Waals surface area contributed by atoms with Gasteiger partial charge in [-0.1, -0.05) is 28.8 Å². The van der Waals surface area contributed by atoms with Gasteiger partial charge in [0.1, 0.15) is 0 Å². The van der Waals surface area contributed by atoms with Crippen molar-refractivity contribution in [1.82, 2.24) is 0 Å². The molecule has 14 heavy (non-hydrogen) atoms. The van der Waals surface area contributed by atoms with Crippen LogP contribution in [0.25, 0.3) is 10.4 Å². The van der Waals surface area contributed by atoms with E-state index < -0.39 is 0 Å². The molecule has 0 unspecified atom stereocenters. The van der Waals surface area contributed by atoms with Gasteiger partial charge in [0.2, 0.25) is 0 Å². The summed E-state index contributed by atoms with van der Waals surface area (Å²) in [5.41, 5.74) is 9.53. The number of hydrogen-bond donors (Lipinski definition) is 0. The van der Waals surface area contributed by atoms with E-state index in [2.05, 4.69) is 10.0 Å². The highest BCUT2D eigenvalue weighted by Gasteiger charge is 2.29. The number of benzene rings is 1. The maximum Gasteiger partial charge on any atom is 0.0406 e. The third-order valence-electron chi connectivity index (χ3n) is 2.67. The highest BCUT2D eigenvalue weighted by atomic mass is 35.5. The number of azide groups is 1. The second-order valence-electron chi connectivity index (χ2n) is 3.58. The Hall–Kier alpha value is -1.18. The molecule has 0 radical (unpaired) electrons. The lowest BCUT2D eigenvalue weighted by Gasteiger charge is -2.32. The highest BCUT2D eigenvalue weighted by molar-refractivity contribution is 6.30. The Morgan fingerprint density at radius 3 is 2.50 bits per heavy atom. The molecule has 0 aromatic heterocycles. The summed E-state index contributed by atoms with van der Waals surface area (Å²) >= 11 is 5.79. The minimum absolute atomic E-state index is 0.195. The van der Waals surface area contributed by atoms with E-state index in [-0.39, 0.29) is 6.04 Å². The van der Waals surface area contributed by atoms with Crippen molar-refractivity contribution in [3.8, 4) is 0 Å². The number of halogens is 1. The molecule has 1 fully saturated rings. The number of hydrogen-bond acceptors (Lipinski definition) is 1. The number of nitrogens with zero attached hydrogens (tertiary/aromatic N) is 3. The Labute approximate surface area is 87.3 Å². The fourth-order valence-corrected chi connectivity index (χ4v) is 1.89. The van der Waals surface area contributed by atoms with Gasteiger partial charge >= 0.3 is 0 Å². The van der Waals surface area contributed by atoms with E-state index in [1.54, 1.807) is 0 Å². The van der Waals surface area contributed by atoms with E-state index in [1.165, 1.54) is 5.56 Å². The minimum Gasteiger partial charge on any atom is -0.0906 e. The van der Waals surface area contributed by atoms with Gasteiger partial charge in [0, 0.05) is 16.0 Å². The summed E-state index contributed by atoms with van der Waals surface area (Å²) in [6.45, 7) is 0. The molecule has 1 aromatic rings. The lowest BCUT2D eigenvalue weighted by atomic mass is 9.76. The second kappa shape index (κ2) is 3.91. The third-order valence-corrected chi connectivity index (χ3v) is 2.92. The molecular formula is C10H10ClN3. The molecule has 2 rings (SSSR count). The predicted octanol–water partition coefficient (Wildman–Crippen LogP) is 3.90. The van der Waals surface area contributed by atoms with Crippen LogP contribution in [0.1, 0.15) is 24.3 Å². The van der Waals surface area contributed by atoms with Gasteiger partial charge in [-0.15, -0.1) is 0 Å². The molecule has 4 heteroatoms. The molecule has 1 aliphatic carbocycles. The highest BCUT2D eigenvalue weighted by Crippen LogP contribution is 2.38. The maximum absolute atomic E-state index is 8.24. The van der Waals surface area contributed by atoms with E-state index in [1.807, 2.05) is 24.3 Å². The van der Waals surface area contributed by atoms with Crippen molar-refractivity contribution in [3.63, 3.8) is 0 Å². The van der Waals surface area contributed by atoms with Gasteiger partial charge in [0.15, 0.2) is 0 Å². The summed E-state index contributed by atoms with van der Waals surface area (Å²) in [6.07, 6.45) is 1.93. The average molecular weight is 208 g/mol. The van der Waals surface area contributed by atoms with Crippen LogP contribution in [0.2, 0.25) is 5.02 Å². The first-order valence-corrected chi connectivity index (χ1v) is 4.97. The van der Waals surface area contributed by atoms with Crippen LogP contribution in [0.3, 0.4) is 0 Å². The summed E-state index contributed by atoms with van der Waals surface area (Å²) in [7, 11) is 0. The van der Waals surface area contributed by atoms with Crippen LogP contribution in [0.4, 0.5) is 0 Å². The molecule has 1 aliphatic rings. The summed E-state index contributed by atoms with van der Waals surface area (Å²) in [4.78, 5) is 2.80. The molecule has 1 aromatic carbocycles. The van der Waals surface area contributed by atoms with Crippen molar-refractivity contribution >= 4 is 11.6 Å². The van der Waals surface area contributed by atoms with E-state index in [0.717, 1.165) is 17.9 Å². The molecular weight excluding hydrogens is 198 g/mol. The SMILES string of the molecule is [N-]=[N+]=NC1CC(c2ccc(Cl)cc2)C1. The van der Waals surface area contributed by atoms with Gasteiger partial charge in [0.05, 0.1) is 0 Å². The zero-order valence-electron chi connectivity index (χ0n) is 7.60. The quantitative estimate of drug-likeness (QED) is 0.401. The van der Waals surface area contributed by atoms with E-state index in [9.17, 15) is 0 Å². The first kappa shape index (κ1) is 9.38. The predicted molar refractivity (Wildman–Crippen MR) is 56.4 cm³/mol. The maximum atomic E-state index is 8.24. The summed E-state index contributed by atoms with van der Waals surface area (Å²) in [6, 6.07) is 8.08. The fraction of sp³-hybridized carbons (Fsp3) is 0.400. The molecule has 0 spiro atoms. The number of rotatable bonds is 2. The fourth-order valence-electron chi connectivity index (χ4n) is 1.76. The molecule has 0 amide bonds. The molecule has 72 valence electrons.